The van der Waals surface area contributed by atoms with Gasteiger partial charge in [0.05, 0.1) is 14.7 Å². The summed E-state index contributed by atoms with van der Waals surface area (Å²) in [6.07, 6.45) is 0. The highest BCUT2D eigenvalue weighted by Gasteiger charge is 2.19. The SMILES string of the molecule is CNC(c1ccc(C)cc1C)c1cc(Cl)sc1Cl. The molecule has 4 heteroatoms. The zero-order valence-electron chi connectivity index (χ0n) is 10.6. The van der Waals surface area contributed by atoms with Crippen LogP contribution in [-0.4, -0.2) is 7.05 Å². The smallest absolute Gasteiger partial charge is 0.0995 e. The van der Waals surface area contributed by atoms with Crippen molar-refractivity contribution < 1.29 is 0 Å². The Morgan fingerprint density at radius 3 is 2.33 bits per heavy atom. The van der Waals surface area contributed by atoms with Gasteiger partial charge in [-0.2, -0.15) is 0 Å². The number of hydrogen-bond donors (Lipinski definition) is 1. The van der Waals surface area contributed by atoms with Crippen molar-refractivity contribution in [2.75, 3.05) is 7.05 Å². The highest BCUT2D eigenvalue weighted by atomic mass is 35.5. The third-order valence-electron chi connectivity index (χ3n) is 3.02. The predicted molar refractivity (Wildman–Crippen MR) is 81.2 cm³/mol. The highest BCUT2D eigenvalue weighted by molar-refractivity contribution is 7.20. The fraction of sp³-hybridized carbons (Fsp3) is 0.286. The first-order valence-corrected chi connectivity index (χ1v) is 7.29. The number of halogens is 2. The molecule has 1 aromatic heterocycles. The van der Waals surface area contributed by atoms with Crippen molar-refractivity contribution in [2.24, 2.45) is 0 Å². The van der Waals surface area contributed by atoms with E-state index in [-0.39, 0.29) is 6.04 Å². The number of thiophene rings is 1. The van der Waals surface area contributed by atoms with E-state index in [4.69, 9.17) is 23.2 Å². The minimum atomic E-state index is 0.0850. The van der Waals surface area contributed by atoms with Gasteiger partial charge in [-0.05, 0) is 38.1 Å². The Labute approximate surface area is 122 Å². The van der Waals surface area contributed by atoms with Crippen LogP contribution in [0.3, 0.4) is 0 Å². The second-order valence-electron chi connectivity index (χ2n) is 4.36. The molecule has 1 atom stereocenters. The van der Waals surface area contributed by atoms with Gasteiger partial charge in [0.2, 0.25) is 0 Å². The van der Waals surface area contributed by atoms with Gasteiger partial charge in [0.15, 0.2) is 0 Å². The Bertz CT molecular complexity index is 563. The number of hydrogen-bond acceptors (Lipinski definition) is 2. The van der Waals surface area contributed by atoms with Gasteiger partial charge in [0, 0.05) is 5.56 Å². The Hall–Kier alpha value is -0.540. The van der Waals surface area contributed by atoms with Gasteiger partial charge < -0.3 is 5.32 Å². The van der Waals surface area contributed by atoms with Gasteiger partial charge in [-0.15, -0.1) is 11.3 Å². The summed E-state index contributed by atoms with van der Waals surface area (Å²) in [6.45, 7) is 4.22. The molecule has 0 amide bonds. The summed E-state index contributed by atoms with van der Waals surface area (Å²) in [5.74, 6) is 0. The summed E-state index contributed by atoms with van der Waals surface area (Å²) in [5, 5.41) is 3.31. The van der Waals surface area contributed by atoms with E-state index in [0.717, 1.165) is 14.2 Å². The van der Waals surface area contributed by atoms with Crippen LogP contribution in [0.25, 0.3) is 0 Å². The van der Waals surface area contributed by atoms with Crippen LogP contribution in [0.2, 0.25) is 8.67 Å². The lowest BCUT2D eigenvalue weighted by Gasteiger charge is -2.19. The van der Waals surface area contributed by atoms with Gasteiger partial charge in [0.25, 0.3) is 0 Å². The molecular weight excluding hydrogens is 285 g/mol. The molecule has 96 valence electrons. The topological polar surface area (TPSA) is 12.0 Å². The van der Waals surface area contributed by atoms with E-state index in [1.165, 1.54) is 28.0 Å². The first-order valence-electron chi connectivity index (χ1n) is 5.72. The molecule has 2 aromatic rings. The monoisotopic (exact) mass is 299 g/mol. The lowest BCUT2D eigenvalue weighted by atomic mass is 9.95. The molecule has 2 rings (SSSR count). The predicted octanol–water partition coefficient (Wildman–Crippen LogP) is 4.98. The Morgan fingerprint density at radius 2 is 1.83 bits per heavy atom. The maximum absolute atomic E-state index is 6.25. The van der Waals surface area contributed by atoms with Crippen LogP contribution < -0.4 is 5.32 Å². The van der Waals surface area contributed by atoms with Crippen molar-refractivity contribution in [3.05, 3.63) is 55.2 Å². The van der Waals surface area contributed by atoms with Crippen molar-refractivity contribution >= 4 is 34.5 Å². The zero-order chi connectivity index (χ0) is 13.3. The first-order chi connectivity index (χ1) is 8.52. The third kappa shape index (κ3) is 2.72. The molecule has 1 heterocycles. The van der Waals surface area contributed by atoms with Crippen molar-refractivity contribution in [1.82, 2.24) is 5.32 Å². The van der Waals surface area contributed by atoms with E-state index < -0.39 is 0 Å². The molecule has 0 aliphatic carbocycles. The van der Waals surface area contributed by atoms with E-state index in [1.807, 2.05) is 13.1 Å². The van der Waals surface area contributed by atoms with Crippen LogP contribution in [0.1, 0.15) is 28.3 Å². The van der Waals surface area contributed by atoms with Crippen LogP contribution in [0.5, 0.6) is 0 Å². The van der Waals surface area contributed by atoms with Crippen LogP contribution >= 0.6 is 34.5 Å². The second kappa shape index (κ2) is 5.62. The zero-order valence-corrected chi connectivity index (χ0v) is 12.9. The quantitative estimate of drug-likeness (QED) is 0.843. The molecule has 0 saturated carbocycles. The molecular formula is C14H15Cl2NS. The summed E-state index contributed by atoms with van der Waals surface area (Å²) in [7, 11) is 1.94. The average Bonchev–Trinajstić information content (AvgIpc) is 2.62. The largest absolute Gasteiger partial charge is 0.309 e. The van der Waals surface area contributed by atoms with E-state index in [2.05, 4.69) is 37.4 Å². The van der Waals surface area contributed by atoms with Crippen molar-refractivity contribution in [3.63, 3.8) is 0 Å². The number of aryl methyl sites for hydroxylation is 2. The van der Waals surface area contributed by atoms with Crippen molar-refractivity contribution in [3.8, 4) is 0 Å². The van der Waals surface area contributed by atoms with E-state index in [0.29, 0.717) is 0 Å². The van der Waals surface area contributed by atoms with E-state index in [9.17, 15) is 0 Å². The second-order valence-corrected chi connectivity index (χ2v) is 6.65. The Kier molecular flexibility index (Phi) is 4.33. The Balaban J connectivity index is 2.48. The van der Waals surface area contributed by atoms with Gasteiger partial charge in [0.1, 0.15) is 0 Å². The molecule has 0 aliphatic rings. The van der Waals surface area contributed by atoms with Gasteiger partial charge >= 0.3 is 0 Å². The normalized spacial score (nSPS) is 12.7. The molecule has 0 aliphatic heterocycles. The maximum atomic E-state index is 6.25. The lowest BCUT2D eigenvalue weighted by Crippen LogP contribution is -2.18. The molecule has 18 heavy (non-hydrogen) atoms. The molecule has 0 bridgehead atoms. The van der Waals surface area contributed by atoms with Crippen LogP contribution in [0, 0.1) is 13.8 Å². The summed E-state index contributed by atoms with van der Waals surface area (Å²) >= 11 is 13.7. The molecule has 0 saturated heterocycles. The van der Waals surface area contributed by atoms with E-state index in [1.54, 1.807) is 0 Å². The lowest BCUT2D eigenvalue weighted by molar-refractivity contribution is 0.690. The summed E-state index contributed by atoms with van der Waals surface area (Å²) in [5.41, 5.74) is 4.80. The number of rotatable bonds is 3. The third-order valence-corrected chi connectivity index (χ3v) is 4.54. The summed E-state index contributed by atoms with van der Waals surface area (Å²) in [4.78, 5) is 0. The standard InChI is InChI=1S/C14H15Cl2NS/c1-8-4-5-10(9(2)6-8)13(17-3)11-7-12(15)18-14(11)16/h4-7,13,17H,1-3H3. The van der Waals surface area contributed by atoms with Crippen molar-refractivity contribution in [1.29, 1.82) is 0 Å². The number of benzene rings is 1. The summed E-state index contributed by atoms with van der Waals surface area (Å²) in [6, 6.07) is 8.47. The maximum Gasteiger partial charge on any atom is 0.0995 e. The minimum Gasteiger partial charge on any atom is -0.309 e. The molecule has 1 nitrogen and oxygen atoms in total. The molecule has 1 unspecified atom stereocenters. The fourth-order valence-corrected chi connectivity index (χ4v) is 3.71. The van der Waals surface area contributed by atoms with Gasteiger partial charge in [-0.1, -0.05) is 47.0 Å². The van der Waals surface area contributed by atoms with Crippen LogP contribution in [0.4, 0.5) is 0 Å². The molecule has 0 spiro atoms. The minimum absolute atomic E-state index is 0.0850. The molecule has 1 N–H and O–H groups in total. The number of nitrogens with one attached hydrogen (secondary N) is 1. The average molecular weight is 300 g/mol. The fourth-order valence-electron chi connectivity index (χ4n) is 2.18. The van der Waals surface area contributed by atoms with Crippen molar-refractivity contribution in [2.45, 2.75) is 19.9 Å². The van der Waals surface area contributed by atoms with Crippen LogP contribution in [0.15, 0.2) is 24.3 Å². The molecule has 1 aromatic carbocycles. The van der Waals surface area contributed by atoms with E-state index >= 15 is 0 Å². The Morgan fingerprint density at radius 1 is 1.11 bits per heavy atom. The summed E-state index contributed by atoms with van der Waals surface area (Å²) < 4.78 is 1.47. The highest BCUT2D eigenvalue weighted by Crippen LogP contribution is 2.38. The first kappa shape index (κ1) is 13.9. The van der Waals surface area contributed by atoms with Crippen LogP contribution in [-0.2, 0) is 0 Å². The molecule has 0 radical (unpaired) electrons. The van der Waals surface area contributed by atoms with Gasteiger partial charge in [-0.25, -0.2) is 0 Å². The molecule has 0 fully saturated rings. The van der Waals surface area contributed by atoms with Gasteiger partial charge in [-0.3, -0.25) is 0 Å².